The highest BCUT2D eigenvalue weighted by molar-refractivity contribution is 7.12. The van der Waals surface area contributed by atoms with Crippen molar-refractivity contribution < 1.29 is 23.8 Å². The number of aromatic nitrogens is 8. The molecule has 0 radical (unpaired) electrons. The number of thiophene rings is 1. The molecule has 60 heavy (non-hydrogen) atoms. The third kappa shape index (κ3) is 7.45. The first-order valence-corrected chi connectivity index (χ1v) is 20.6. The van der Waals surface area contributed by atoms with Crippen molar-refractivity contribution in [3.8, 4) is 73.8 Å². The van der Waals surface area contributed by atoms with E-state index in [9.17, 15) is 9.59 Å². The predicted octanol–water partition coefficient (Wildman–Crippen LogP) is 11.1. The highest BCUT2D eigenvalue weighted by atomic mass is 32.1. The molecule has 1 atom stereocenters. The van der Waals surface area contributed by atoms with Gasteiger partial charge in [-0.05, 0) is 108 Å². The van der Waals surface area contributed by atoms with E-state index >= 15 is 0 Å². The number of rotatable bonds is 7. The number of aromatic amines is 2. The first-order valence-electron chi connectivity index (χ1n) is 19.7. The Bertz CT molecular complexity index is 2870. The second kappa shape index (κ2) is 14.7. The Morgan fingerprint density at radius 3 is 1.85 bits per heavy atom. The van der Waals surface area contributed by atoms with Gasteiger partial charge >= 0.3 is 12.2 Å². The summed E-state index contributed by atoms with van der Waals surface area (Å²) in [6.07, 6.45) is 6.37. The monoisotopic (exact) mass is 820 g/mol. The molecule has 8 aromatic rings. The molecule has 0 unspecified atom stereocenters. The lowest BCUT2D eigenvalue weighted by atomic mass is 10.0. The lowest BCUT2D eigenvalue weighted by molar-refractivity contribution is 0.0528. The van der Waals surface area contributed by atoms with E-state index < -0.39 is 29.6 Å². The molecule has 2 aromatic carbocycles. The van der Waals surface area contributed by atoms with Crippen LogP contribution in [0.5, 0.6) is 5.75 Å². The van der Waals surface area contributed by atoms with Gasteiger partial charge in [0, 0.05) is 34.0 Å². The third-order valence-corrected chi connectivity index (χ3v) is 11.1. The number of fused-ring (bicyclic) bond motifs is 3. The average Bonchev–Trinajstić information content (AvgIpc) is 4.05. The summed E-state index contributed by atoms with van der Waals surface area (Å²) in [6.45, 7) is 13.2. The largest absolute Gasteiger partial charge is 0.463 e. The normalized spacial score (nSPS) is 13.8. The second-order valence-electron chi connectivity index (χ2n) is 16.6. The maximum Gasteiger partial charge on any atom is 0.419 e. The molecule has 0 fully saturated rings. The fourth-order valence-electron chi connectivity index (χ4n) is 7.09. The summed E-state index contributed by atoms with van der Waals surface area (Å²) < 4.78 is 22.9. The Morgan fingerprint density at radius 1 is 0.717 bits per heavy atom. The number of imidazole rings is 2. The first kappa shape index (κ1) is 38.6. The molecule has 13 nitrogen and oxygen atoms in total. The van der Waals surface area contributed by atoms with Crippen LogP contribution in [0.2, 0.25) is 0 Å². The van der Waals surface area contributed by atoms with Crippen molar-refractivity contribution in [2.24, 2.45) is 0 Å². The molecule has 0 saturated carbocycles. The minimum Gasteiger partial charge on any atom is -0.463 e. The highest BCUT2D eigenvalue weighted by Crippen LogP contribution is 2.45. The van der Waals surface area contributed by atoms with Gasteiger partial charge in [-0.3, -0.25) is 0 Å². The molecule has 0 spiro atoms. The molecule has 1 aliphatic heterocycles. The molecule has 6 aromatic heterocycles. The lowest BCUT2D eigenvalue weighted by Gasteiger charge is -2.27. The van der Waals surface area contributed by atoms with Gasteiger partial charge < -0.3 is 24.2 Å². The van der Waals surface area contributed by atoms with Crippen molar-refractivity contribution in [1.29, 1.82) is 0 Å². The van der Waals surface area contributed by atoms with Crippen LogP contribution in [0.3, 0.4) is 0 Å². The summed E-state index contributed by atoms with van der Waals surface area (Å²) in [5.41, 5.74) is 6.94. The van der Waals surface area contributed by atoms with E-state index in [1.54, 1.807) is 48.3 Å². The molecule has 0 amide bonds. The number of hydrogen-bond acceptors (Lipinski definition) is 9. The molecular formula is C46H44N8O5S. The highest BCUT2D eigenvalue weighted by Gasteiger charge is 2.31. The van der Waals surface area contributed by atoms with Gasteiger partial charge in [0.2, 0.25) is 6.23 Å². The van der Waals surface area contributed by atoms with Crippen molar-refractivity contribution in [3.05, 3.63) is 119 Å². The molecule has 0 bridgehead atoms. The van der Waals surface area contributed by atoms with Crippen LogP contribution in [0.15, 0.2) is 110 Å². The Morgan fingerprint density at radius 2 is 1.28 bits per heavy atom. The van der Waals surface area contributed by atoms with Crippen LogP contribution in [-0.2, 0) is 15.9 Å². The summed E-state index contributed by atoms with van der Waals surface area (Å²) >= 11 is 1.72. The third-order valence-electron chi connectivity index (χ3n) is 9.85. The zero-order valence-electron chi connectivity index (χ0n) is 34.3. The Kier molecular flexibility index (Phi) is 9.46. The molecule has 0 saturated heterocycles. The summed E-state index contributed by atoms with van der Waals surface area (Å²) in [5, 5.41) is 5.14. The maximum atomic E-state index is 12.9. The Labute approximate surface area is 350 Å². The molecule has 2 N–H and O–H groups in total. The van der Waals surface area contributed by atoms with E-state index in [2.05, 4.69) is 45.1 Å². The number of H-pyrrole nitrogens is 2. The summed E-state index contributed by atoms with van der Waals surface area (Å²) in [7, 11) is 0. The molecule has 14 heteroatoms. The van der Waals surface area contributed by atoms with Gasteiger partial charge in [0.25, 0.3) is 0 Å². The number of nitrogens with zero attached hydrogens (tertiary/aromatic N) is 6. The summed E-state index contributed by atoms with van der Waals surface area (Å²) in [5.74, 6) is 1.82. The lowest BCUT2D eigenvalue weighted by Crippen LogP contribution is -2.27. The zero-order chi connectivity index (χ0) is 41.9. The number of ether oxygens (including phenoxy) is 3. The van der Waals surface area contributed by atoms with Crippen molar-refractivity contribution in [2.75, 3.05) is 0 Å². The molecule has 7 heterocycles. The van der Waals surface area contributed by atoms with Crippen LogP contribution in [-0.4, -0.2) is 62.2 Å². The first-order chi connectivity index (χ1) is 28.7. The smallest absolute Gasteiger partial charge is 0.419 e. The van der Waals surface area contributed by atoms with Crippen molar-refractivity contribution in [1.82, 2.24) is 38.9 Å². The van der Waals surface area contributed by atoms with Gasteiger partial charge in [0.05, 0.1) is 51.4 Å². The van der Waals surface area contributed by atoms with Gasteiger partial charge in [-0.2, -0.15) is 5.10 Å². The van der Waals surface area contributed by atoms with Gasteiger partial charge in [0.1, 0.15) is 17.0 Å². The predicted molar refractivity (Wildman–Crippen MR) is 231 cm³/mol. The fourth-order valence-corrected chi connectivity index (χ4v) is 8.05. The van der Waals surface area contributed by atoms with Gasteiger partial charge in [-0.1, -0.05) is 37.3 Å². The quantitative estimate of drug-likeness (QED) is 0.161. The minimum absolute atomic E-state index is 0.468. The number of benzene rings is 2. The van der Waals surface area contributed by atoms with Crippen LogP contribution in [0, 0.1) is 0 Å². The van der Waals surface area contributed by atoms with E-state index in [-0.39, 0.29) is 0 Å². The van der Waals surface area contributed by atoms with Crippen molar-refractivity contribution in [2.45, 2.75) is 72.3 Å². The van der Waals surface area contributed by atoms with Crippen LogP contribution in [0.25, 0.3) is 68.1 Å². The molecular weight excluding hydrogens is 777 g/mol. The fraction of sp³-hybridized carbons (Fsp3) is 0.239. The van der Waals surface area contributed by atoms with Gasteiger partial charge in [0.15, 0.2) is 11.6 Å². The van der Waals surface area contributed by atoms with E-state index in [0.717, 1.165) is 62.1 Å². The number of aryl methyl sites for hydroxylation is 1. The van der Waals surface area contributed by atoms with Crippen LogP contribution >= 0.6 is 11.3 Å². The second-order valence-corrected chi connectivity index (χ2v) is 17.8. The summed E-state index contributed by atoms with van der Waals surface area (Å²) in [6, 6.07) is 27.9. The van der Waals surface area contributed by atoms with Crippen molar-refractivity contribution >= 4 is 23.5 Å². The number of nitrogens with one attached hydrogen (secondary N) is 2. The van der Waals surface area contributed by atoms with Crippen molar-refractivity contribution in [3.63, 3.8) is 0 Å². The van der Waals surface area contributed by atoms with E-state index in [1.165, 1.54) is 14.0 Å². The van der Waals surface area contributed by atoms with Gasteiger partial charge in [-0.15, -0.1) is 11.3 Å². The molecule has 0 aliphatic carbocycles. The molecule has 9 rings (SSSR count). The van der Waals surface area contributed by atoms with Gasteiger partial charge in [-0.25, -0.2) is 33.4 Å². The van der Waals surface area contributed by atoms with Crippen LogP contribution < -0.4 is 4.74 Å². The SMILES string of the molecule is CCc1ccc([C@@H]2Oc3cc(-c4cnc(-c5cccn5C(=O)OC(C)(C)C)[nH]4)ccc3-c3cc(-c4ccc(-c5cnc(-c6cccn6C(=O)OC(C)(C)C)[nH]5)cc4)nn32)s1. The van der Waals surface area contributed by atoms with E-state index in [1.807, 2.05) is 101 Å². The molecule has 1 aliphatic rings. The van der Waals surface area contributed by atoms with Crippen LogP contribution in [0.1, 0.15) is 64.4 Å². The number of carbonyl (C=O) groups excluding carboxylic acids is 2. The van der Waals surface area contributed by atoms with Crippen LogP contribution in [0.4, 0.5) is 9.59 Å². The molecule has 304 valence electrons. The number of hydrogen-bond donors (Lipinski definition) is 2. The minimum atomic E-state index is -0.635. The maximum absolute atomic E-state index is 12.9. The standard InChI is InChI=1S/C46H44N8O5S/c1-8-30-18-20-39(60-30)42-54-37(31-19-17-29(23-38(31)57-42)34-26-48-41(50-34)36-12-10-22-53(36)44(56)59-46(5,6)7)24-32(51-54)27-13-15-28(16-14-27)33-25-47-40(49-33)35-11-9-21-52(35)43(55)58-45(2,3)4/h9-26,42H,8H2,1-7H3,(H,47,49)(H,48,50)/t42-/m0/s1. The Balaban J connectivity index is 1.01. The Hall–Kier alpha value is -6.93. The summed E-state index contributed by atoms with van der Waals surface area (Å²) in [4.78, 5) is 44.1. The average molecular weight is 821 g/mol. The number of carbonyl (C=O) groups is 2. The topological polar surface area (TPSA) is 147 Å². The van der Waals surface area contributed by atoms with E-state index in [0.29, 0.717) is 23.0 Å². The zero-order valence-corrected chi connectivity index (χ0v) is 35.1. The van der Waals surface area contributed by atoms with E-state index in [4.69, 9.17) is 19.3 Å².